The van der Waals surface area contributed by atoms with Gasteiger partial charge in [0.15, 0.2) is 0 Å². The van der Waals surface area contributed by atoms with Crippen molar-refractivity contribution in [1.82, 2.24) is 0 Å². The lowest BCUT2D eigenvalue weighted by atomic mass is 10.2. The summed E-state index contributed by atoms with van der Waals surface area (Å²) in [5, 5.41) is 9.08. The maximum atomic E-state index is 9.08. The van der Waals surface area contributed by atoms with Crippen LogP contribution in [0.3, 0.4) is 0 Å². The van der Waals surface area contributed by atoms with Crippen molar-refractivity contribution in [2.24, 2.45) is 0 Å². The molecule has 2 heteroatoms. The molecule has 1 rings (SSSR count). The summed E-state index contributed by atoms with van der Waals surface area (Å²) >= 11 is 1.71. The van der Waals surface area contributed by atoms with Gasteiger partial charge in [-0.2, -0.15) is 0 Å². The zero-order valence-electron chi connectivity index (χ0n) is 7.45. The number of rotatable bonds is 3. The van der Waals surface area contributed by atoms with Gasteiger partial charge in [-0.3, -0.25) is 0 Å². The number of benzene rings is 1. The molecule has 1 atom stereocenters. The number of hydrogen-bond donors (Lipinski definition) is 1. The van der Waals surface area contributed by atoms with E-state index >= 15 is 0 Å². The molecule has 1 aromatic carbocycles. The number of aliphatic hydroxyl groups is 1. The van der Waals surface area contributed by atoms with Crippen LogP contribution in [0, 0.1) is 6.92 Å². The van der Waals surface area contributed by atoms with Crippen LogP contribution in [-0.4, -0.2) is 17.0 Å². The molecule has 0 aliphatic heterocycles. The third-order valence-corrected chi connectivity index (χ3v) is 2.99. The van der Waals surface area contributed by atoms with Gasteiger partial charge in [0.2, 0.25) is 0 Å². The molecule has 1 nitrogen and oxygen atoms in total. The standard InChI is InChI=1S/C10H14OS/c1-8-5-3-4-6-10(8)12-7-9(2)11/h3-6,9,11H,7H2,1-2H3/t9-/m1/s1. The highest BCUT2D eigenvalue weighted by Gasteiger charge is 1.99. The van der Waals surface area contributed by atoms with E-state index in [1.54, 1.807) is 11.8 Å². The third kappa shape index (κ3) is 2.88. The van der Waals surface area contributed by atoms with Gasteiger partial charge in [-0.25, -0.2) is 0 Å². The van der Waals surface area contributed by atoms with E-state index in [0.717, 1.165) is 5.75 Å². The minimum atomic E-state index is -0.227. The fourth-order valence-corrected chi connectivity index (χ4v) is 1.82. The highest BCUT2D eigenvalue weighted by molar-refractivity contribution is 7.99. The van der Waals surface area contributed by atoms with Crippen molar-refractivity contribution in [3.8, 4) is 0 Å². The Balaban J connectivity index is 2.57. The Bertz CT molecular complexity index is 245. The molecule has 0 amide bonds. The molecule has 0 spiro atoms. The molecular weight excluding hydrogens is 168 g/mol. The maximum Gasteiger partial charge on any atom is 0.0606 e. The van der Waals surface area contributed by atoms with Crippen LogP contribution in [0.4, 0.5) is 0 Å². The van der Waals surface area contributed by atoms with Crippen LogP contribution in [0.5, 0.6) is 0 Å². The van der Waals surface area contributed by atoms with E-state index in [2.05, 4.69) is 19.1 Å². The van der Waals surface area contributed by atoms with Crippen molar-refractivity contribution >= 4 is 11.8 Å². The first-order chi connectivity index (χ1) is 5.70. The van der Waals surface area contributed by atoms with Crippen LogP contribution in [-0.2, 0) is 0 Å². The molecule has 0 radical (unpaired) electrons. The molecular formula is C10H14OS. The average molecular weight is 182 g/mol. The van der Waals surface area contributed by atoms with Crippen molar-refractivity contribution < 1.29 is 5.11 Å². The third-order valence-electron chi connectivity index (χ3n) is 1.57. The molecule has 66 valence electrons. The Morgan fingerprint density at radius 3 is 2.67 bits per heavy atom. The molecule has 0 saturated carbocycles. The zero-order valence-corrected chi connectivity index (χ0v) is 8.27. The summed E-state index contributed by atoms with van der Waals surface area (Å²) in [4.78, 5) is 1.26. The number of thioether (sulfide) groups is 1. The van der Waals surface area contributed by atoms with E-state index in [1.807, 2.05) is 19.1 Å². The lowest BCUT2D eigenvalue weighted by Crippen LogP contribution is -2.02. The van der Waals surface area contributed by atoms with E-state index in [-0.39, 0.29) is 6.10 Å². The molecule has 0 unspecified atom stereocenters. The number of aliphatic hydroxyl groups excluding tert-OH is 1. The Morgan fingerprint density at radius 2 is 2.08 bits per heavy atom. The van der Waals surface area contributed by atoms with Gasteiger partial charge in [-0.05, 0) is 25.5 Å². The molecule has 0 heterocycles. The Morgan fingerprint density at radius 1 is 1.42 bits per heavy atom. The molecule has 0 aromatic heterocycles. The molecule has 12 heavy (non-hydrogen) atoms. The van der Waals surface area contributed by atoms with E-state index in [1.165, 1.54) is 10.5 Å². The van der Waals surface area contributed by atoms with E-state index in [9.17, 15) is 0 Å². The summed E-state index contributed by atoms with van der Waals surface area (Å²) in [5.41, 5.74) is 1.28. The zero-order chi connectivity index (χ0) is 8.97. The van der Waals surface area contributed by atoms with Crippen molar-refractivity contribution in [1.29, 1.82) is 0 Å². The fourth-order valence-electron chi connectivity index (χ4n) is 0.929. The predicted octanol–water partition coefficient (Wildman–Crippen LogP) is 2.47. The van der Waals surface area contributed by atoms with Crippen molar-refractivity contribution in [2.75, 3.05) is 5.75 Å². The number of hydrogen-bond acceptors (Lipinski definition) is 2. The second-order valence-electron chi connectivity index (χ2n) is 2.93. The predicted molar refractivity (Wildman–Crippen MR) is 53.6 cm³/mol. The molecule has 0 aliphatic rings. The van der Waals surface area contributed by atoms with Crippen LogP contribution in [0.2, 0.25) is 0 Å². The second-order valence-corrected chi connectivity index (χ2v) is 3.99. The normalized spacial score (nSPS) is 12.9. The van der Waals surface area contributed by atoms with E-state index in [4.69, 9.17) is 5.11 Å². The fraction of sp³-hybridized carbons (Fsp3) is 0.400. The summed E-state index contributed by atoms with van der Waals surface area (Å²) in [6, 6.07) is 8.23. The molecule has 1 aromatic rings. The Kier molecular flexibility index (Phi) is 3.63. The monoisotopic (exact) mass is 182 g/mol. The van der Waals surface area contributed by atoms with Crippen LogP contribution in [0.25, 0.3) is 0 Å². The van der Waals surface area contributed by atoms with E-state index in [0.29, 0.717) is 0 Å². The quantitative estimate of drug-likeness (QED) is 0.725. The lowest BCUT2D eigenvalue weighted by Gasteiger charge is -2.06. The Labute approximate surface area is 77.8 Å². The first kappa shape index (κ1) is 9.62. The smallest absolute Gasteiger partial charge is 0.0606 e. The van der Waals surface area contributed by atoms with Gasteiger partial charge in [0.1, 0.15) is 0 Å². The van der Waals surface area contributed by atoms with Gasteiger partial charge < -0.3 is 5.11 Å². The summed E-state index contributed by atoms with van der Waals surface area (Å²) in [7, 11) is 0. The van der Waals surface area contributed by atoms with Crippen LogP contribution in [0.15, 0.2) is 29.2 Å². The SMILES string of the molecule is Cc1ccccc1SC[C@@H](C)O. The summed E-state index contributed by atoms with van der Waals surface area (Å²) in [6.07, 6.45) is -0.227. The molecule has 1 N–H and O–H groups in total. The second kappa shape index (κ2) is 4.53. The summed E-state index contributed by atoms with van der Waals surface area (Å²) in [5.74, 6) is 0.769. The topological polar surface area (TPSA) is 20.2 Å². The first-order valence-electron chi connectivity index (χ1n) is 4.06. The Hall–Kier alpha value is -0.470. The largest absolute Gasteiger partial charge is 0.393 e. The van der Waals surface area contributed by atoms with Crippen molar-refractivity contribution in [3.05, 3.63) is 29.8 Å². The highest BCUT2D eigenvalue weighted by Crippen LogP contribution is 2.22. The van der Waals surface area contributed by atoms with Gasteiger partial charge in [-0.15, -0.1) is 11.8 Å². The minimum absolute atomic E-state index is 0.227. The van der Waals surface area contributed by atoms with Gasteiger partial charge >= 0.3 is 0 Å². The summed E-state index contributed by atoms with van der Waals surface area (Å²) < 4.78 is 0. The lowest BCUT2D eigenvalue weighted by molar-refractivity contribution is 0.220. The van der Waals surface area contributed by atoms with Crippen molar-refractivity contribution in [3.63, 3.8) is 0 Å². The summed E-state index contributed by atoms with van der Waals surface area (Å²) in [6.45, 7) is 3.90. The number of aryl methyl sites for hydroxylation is 1. The first-order valence-corrected chi connectivity index (χ1v) is 5.05. The van der Waals surface area contributed by atoms with Gasteiger partial charge in [0, 0.05) is 10.6 Å². The van der Waals surface area contributed by atoms with Crippen LogP contribution in [0.1, 0.15) is 12.5 Å². The maximum absolute atomic E-state index is 9.08. The van der Waals surface area contributed by atoms with Crippen LogP contribution < -0.4 is 0 Å². The highest BCUT2D eigenvalue weighted by atomic mass is 32.2. The van der Waals surface area contributed by atoms with Crippen LogP contribution >= 0.6 is 11.8 Å². The van der Waals surface area contributed by atoms with Crippen molar-refractivity contribution in [2.45, 2.75) is 24.8 Å². The molecule has 0 fully saturated rings. The average Bonchev–Trinajstić information content (AvgIpc) is 2.03. The molecule has 0 saturated heterocycles. The van der Waals surface area contributed by atoms with Gasteiger partial charge in [0.05, 0.1) is 6.10 Å². The minimum Gasteiger partial charge on any atom is -0.393 e. The van der Waals surface area contributed by atoms with E-state index < -0.39 is 0 Å². The molecule has 0 aliphatic carbocycles. The van der Waals surface area contributed by atoms with Gasteiger partial charge in [0.25, 0.3) is 0 Å². The molecule has 0 bridgehead atoms. The van der Waals surface area contributed by atoms with Gasteiger partial charge in [-0.1, -0.05) is 18.2 Å².